The number of aliphatic carboxylic acids is 1. The maximum atomic E-state index is 11.1. The first-order valence-electron chi connectivity index (χ1n) is 6.10. The Morgan fingerprint density at radius 1 is 1.33 bits per heavy atom. The molecular weight excluding hydrogens is 208 g/mol. The van der Waals surface area contributed by atoms with Gasteiger partial charge in [-0.2, -0.15) is 11.8 Å². The minimum atomic E-state index is -0.578. The Bertz CT molecular complexity index is 194. The van der Waals surface area contributed by atoms with Gasteiger partial charge in [-0.3, -0.25) is 4.79 Å². The second kappa shape index (κ2) is 7.15. The minimum absolute atomic E-state index is 0.0886. The van der Waals surface area contributed by atoms with Crippen LogP contribution in [0.15, 0.2) is 0 Å². The van der Waals surface area contributed by atoms with E-state index in [4.69, 9.17) is 0 Å². The van der Waals surface area contributed by atoms with E-state index < -0.39 is 5.97 Å². The number of hydrogen-bond acceptors (Lipinski definition) is 2. The van der Waals surface area contributed by atoms with Crippen LogP contribution >= 0.6 is 11.8 Å². The molecule has 0 aromatic carbocycles. The summed E-state index contributed by atoms with van der Waals surface area (Å²) in [5, 5.41) is 9.55. The molecule has 1 rings (SSSR count). The molecule has 2 atom stereocenters. The van der Waals surface area contributed by atoms with Crippen LogP contribution < -0.4 is 0 Å². The van der Waals surface area contributed by atoms with Crippen molar-refractivity contribution in [1.82, 2.24) is 0 Å². The lowest BCUT2D eigenvalue weighted by molar-refractivity contribution is -0.141. The van der Waals surface area contributed by atoms with Gasteiger partial charge in [-0.1, -0.05) is 32.6 Å². The highest BCUT2D eigenvalue weighted by Crippen LogP contribution is 2.32. The Kier molecular flexibility index (Phi) is 6.15. The molecule has 0 aromatic rings. The van der Waals surface area contributed by atoms with E-state index in [0.29, 0.717) is 5.25 Å². The smallest absolute Gasteiger partial charge is 0.307 e. The summed E-state index contributed by atoms with van der Waals surface area (Å²) in [5.41, 5.74) is 0. The van der Waals surface area contributed by atoms with E-state index in [1.54, 1.807) is 0 Å². The van der Waals surface area contributed by atoms with Crippen molar-refractivity contribution in [1.29, 1.82) is 0 Å². The van der Waals surface area contributed by atoms with Crippen molar-refractivity contribution in [3.05, 3.63) is 0 Å². The zero-order chi connectivity index (χ0) is 11.1. The van der Waals surface area contributed by atoms with Crippen molar-refractivity contribution in [2.45, 2.75) is 57.1 Å². The Hall–Kier alpha value is -0.180. The molecule has 1 N–H and O–H groups in total. The molecule has 1 saturated carbocycles. The van der Waals surface area contributed by atoms with E-state index >= 15 is 0 Å². The van der Waals surface area contributed by atoms with E-state index in [-0.39, 0.29) is 5.92 Å². The van der Waals surface area contributed by atoms with Crippen molar-refractivity contribution < 1.29 is 9.90 Å². The highest BCUT2D eigenvalue weighted by Gasteiger charge is 2.29. The molecule has 15 heavy (non-hydrogen) atoms. The van der Waals surface area contributed by atoms with Gasteiger partial charge in [0.05, 0.1) is 5.92 Å². The third kappa shape index (κ3) is 4.45. The van der Waals surface area contributed by atoms with Gasteiger partial charge in [0.15, 0.2) is 0 Å². The SMILES string of the molecule is CCCCSC1CCCCCC1C(=O)O. The number of carboxylic acids is 1. The second-order valence-electron chi connectivity index (χ2n) is 4.35. The predicted octanol–water partition coefficient (Wildman–Crippen LogP) is 3.55. The summed E-state index contributed by atoms with van der Waals surface area (Å²) in [6.07, 6.45) is 7.94. The maximum Gasteiger partial charge on any atom is 0.307 e. The first kappa shape index (κ1) is 12.9. The topological polar surface area (TPSA) is 37.3 Å². The van der Waals surface area contributed by atoms with Crippen LogP contribution in [0.2, 0.25) is 0 Å². The first-order valence-corrected chi connectivity index (χ1v) is 7.15. The molecule has 88 valence electrons. The zero-order valence-electron chi connectivity index (χ0n) is 9.58. The van der Waals surface area contributed by atoms with Gasteiger partial charge < -0.3 is 5.11 Å². The Balaban J connectivity index is 2.43. The van der Waals surface area contributed by atoms with Crippen molar-refractivity contribution in [3.63, 3.8) is 0 Å². The summed E-state index contributed by atoms with van der Waals surface area (Å²) >= 11 is 1.89. The summed E-state index contributed by atoms with van der Waals surface area (Å²) < 4.78 is 0. The molecule has 2 nitrogen and oxygen atoms in total. The molecule has 0 aromatic heterocycles. The number of carbonyl (C=O) groups is 1. The minimum Gasteiger partial charge on any atom is -0.481 e. The van der Waals surface area contributed by atoms with Crippen LogP contribution in [0.1, 0.15) is 51.9 Å². The zero-order valence-corrected chi connectivity index (χ0v) is 10.4. The quantitative estimate of drug-likeness (QED) is 0.579. The first-order chi connectivity index (χ1) is 7.25. The van der Waals surface area contributed by atoms with E-state index in [1.807, 2.05) is 11.8 Å². The molecule has 0 aliphatic heterocycles. The average Bonchev–Trinajstić information content (AvgIpc) is 2.43. The summed E-state index contributed by atoms with van der Waals surface area (Å²) in [4.78, 5) is 11.1. The molecule has 2 unspecified atom stereocenters. The molecular formula is C12H22O2S. The summed E-state index contributed by atoms with van der Waals surface area (Å²) in [6, 6.07) is 0. The number of carboxylic acid groups (broad SMARTS) is 1. The molecule has 0 bridgehead atoms. The van der Waals surface area contributed by atoms with Crippen LogP contribution in [0.5, 0.6) is 0 Å². The van der Waals surface area contributed by atoms with Crippen molar-refractivity contribution in [2.24, 2.45) is 5.92 Å². The molecule has 0 heterocycles. The van der Waals surface area contributed by atoms with Crippen LogP contribution in [-0.4, -0.2) is 22.1 Å². The molecule has 0 radical (unpaired) electrons. The summed E-state index contributed by atoms with van der Waals surface area (Å²) in [7, 11) is 0. The number of hydrogen-bond donors (Lipinski definition) is 1. The van der Waals surface area contributed by atoms with E-state index in [1.165, 1.54) is 25.7 Å². The van der Waals surface area contributed by atoms with E-state index in [0.717, 1.165) is 25.0 Å². The lowest BCUT2D eigenvalue weighted by atomic mass is 10.0. The van der Waals surface area contributed by atoms with Gasteiger partial charge in [0.25, 0.3) is 0 Å². The fourth-order valence-electron chi connectivity index (χ4n) is 2.13. The fourth-order valence-corrected chi connectivity index (χ4v) is 3.71. The highest BCUT2D eigenvalue weighted by molar-refractivity contribution is 7.99. The molecule has 1 fully saturated rings. The summed E-state index contributed by atoms with van der Waals surface area (Å²) in [6.45, 7) is 2.18. The highest BCUT2D eigenvalue weighted by atomic mass is 32.2. The molecule has 3 heteroatoms. The van der Waals surface area contributed by atoms with Crippen LogP contribution in [0.25, 0.3) is 0 Å². The van der Waals surface area contributed by atoms with Gasteiger partial charge in [-0.25, -0.2) is 0 Å². The van der Waals surface area contributed by atoms with Crippen LogP contribution in [-0.2, 0) is 4.79 Å². The van der Waals surface area contributed by atoms with Crippen molar-refractivity contribution >= 4 is 17.7 Å². The van der Waals surface area contributed by atoms with E-state index in [2.05, 4.69) is 6.92 Å². The Labute approximate surface area is 96.8 Å². The van der Waals surface area contributed by atoms with Crippen LogP contribution in [0.4, 0.5) is 0 Å². The third-order valence-corrected chi connectivity index (χ3v) is 4.62. The standard InChI is InChI=1S/C12H22O2S/c1-2-3-9-15-11-8-6-4-5-7-10(11)12(13)14/h10-11H,2-9H2,1H3,(H,13,14). The predicted molar refractivity (Wildman–Crippen MR) is 65.4 cm³/mol. The second-order valence-corrected chi connectivity index (χ2v) is 5.69. The lowest BCUT2D eigenvalue weighted by Crippen LogP contribution is -2.25. The lowest BCUT2D eigenvalue weighted by Gasteiger charge is -2.20. The monoisotopic (exact) mass is 230 g/mol. The average molecular weight is 230 g/mol. The Morgan fingerprint density at radius 2 is 2.07 bits per heavy atom. The van der Waals surface area contributed by atoms with Gasteiger partial charge in [-0.15, -0.1) is 0 Å². The number of thioether (sulfide) groups is 1. The third-order valence-electron chi connectivity index (χ3n) is 3.10. The molecule has 0 amide bonds. The largest absolute Gasteiger partial charge is 0.481 e. The van der Waals surface area contributed by atoms with Crippen molar-refractivity contribution in [3.8, 4) is 0 Å². The summed E-state index contributed by atoms with van der Waals surface area (Å²) in [5.74, 6) is 0.463. The maximum absolute atomic E-state index is 11.1. The normalized spacial score (nSPS) is 27.3. The van der Waals surface area contributed by atoms with E-state index in [9.17, 15) is 9.90 Å². The van der Waals surface area contributed by atoms with Crippen LogP contribution in [0.3, 0.4) is 0 Å². The molecule has 1 aliphatic carbocycles. The van der Waals surface area contributed by atoms with Crippen molar-refractivity contribution in [2.75, 3.05) is 5.75 Å². The molecule has 0 saturated heterocycles. The van der Waals surface area contributed by atoms with Crippen LogP contribution in [0, 0.1) is 5.92 Å². The Morgan fingerprint density at radius 3 is 2.73 bits per heavy atom. The number of unbranched alkanes of at least 4 members (excludes halogenated alkanes) is 1. The van der Waals surface area contributed by atoms with Gasteiger partial charge >= 0.3 is 5.97 Å². The van der Waals surface area contributed by atoms with Gasteiger partial charge in [0, 0.05) is 5.25 Å². The molecule has 0 spiro atoms. The number of rotatable bonds is 5. The van der Waals surface area contributed by atoms with Gasteiger partial charge in [0.1, 0.15) is 0 Å². The van der Waals surface area contributed by atoms with Gasteiger partial charge in [-0.05, 0) is 25.0 Å². The fraction of sp³-hybridized carbons (Fsp3) is 0.917. The van der Waals surface area contributed by atoms with Gasteiger partial charge in [0.2, 0.25) is 0 Å². The molecule has 1 aliphatic rings.